The van der Waals surface area contributed by atoms with Crippen LogP contribution in [0, 0.1) is 0 Å². The maximum atomic E-state index is 6.05. The molecule has 3 nitrogen and oxygen atoms in total. The van der Waals surface area contributed by atoms with E-state index in [4.69, 9.17) is 15.2 Å². The fourth-order valence-electron chi connectivity index (χ4n) is 1.61. The Morgan fingerprint density at radius 1 is 0.833 bits per heavy atom. The van der Waals surface area contributed by atoms with E-state index in [9.17, 15) is 0 Å². The normalized spacial score (nSPS) is 10.1. The Morgan fingerprint density at radius 3 is 2.17 bits per heavy atom. The number of ether oxygens (including phenoxy) is 2. The van der Waals surface area contributed by atoms with Crippen LogP contribution in [-0.4, -0.2) is 14.2 Å². The molecule has 2 N–H and O–H groups in total. The first-order valence-electron chi connectivity index (χ1n) is 5.49. The zero-order chi connectivity index (χ0) is 13.0. The van der Waals surface area contributed by atoms with Crippen LogP contribution >= 0.6 is 11.8 Å². The van der Waals surface area contributed by atoms with E-state index in [0.717, 1.165) is 15.5 Å². The average molecular weight is 261 g/mol. The maximum Gasteiger partial charge on any atom is 0.142 e. The largest absolute Gasteiger partial charge is 0.496 e. The lowest BCUT2D eigenvalue weighted by atomic mass is 10.3. The van der Waals surface area contributed by atoms with E-state index in [1.54, 1.807) is 26.0 Å². The summed E-state index contributed by atoms with van der Waals surface area (Å²) in [5, 5.41) is 0. The monoisotopic (exact) mass is 261 g/mol. The van der Waals surface area contributed by atoms with Crippen LogP contribution in [0.4, 0.5) is 5.69 Å². The molecule has 0 spiro atoms. The van der Waals surface area contributed by atoms with Crippen molar-refractivity contribution >= 4 is 17.4 Å². The highest BCUT2D eigenvalue weighted by atomic mass is 32.2. The first-order chi connectivity index (χ1) is 8.76. The Hall–Kier alpha value is -1.81. The van der Waals surface area contributed by atoms with Gasteiger partial charge in [-0.3, -0.25) is 0 Å². The first-order valence-corrected chi connectivity index (χ1v) is 6.31. The SMILES string of the molecule is COc1ccccc1Sc1cccc(OC)c1N. The van der Waals surface area contributed by atoms with Crippen LogP contribution in [-0.2, 0) is 0 Å². The Morgan fingerprint density at radius 2 is 1.44 bits per heavy atom. The molecule has 0 aliphatic heterocycles. The molecule has 18 heavy (non-hydrogen) atoms. The second-order valence-electron chi connectivity index (χ2n) is 3.63. The van der Waals surface area contributed by atoms with Crippen molar-refractivity contribution in [1.82, 2.24) is 0 Å². The Bertz CT molecular complexity index is 543. The van der Waals surface area contributed by atoms with Gasteiger partial charge in [-0.05, 0) is 24.3 Å². The van der Waals surface area contributed by atoms with Crippen LogP contribution in [0.3, 0.4) is 0 Å². The van der Waals surface area contributed by atoms with Gasteiger partial charge in [-0.25, -0.2) is 0 Å². The van der Waals surface area contributed by atoms with Crippen LogP contribution in [0.1, 0.15) is 0 Å². The zero-order valence-corrected chi connectivity index (χ0v) is 11.2. The van der Waals surface area contributed by atoms with Crippen LogP contribution in [0.2, 0.25) is 0 Å². The number of hydrogen-bond donors (Lipinski definition) is 1. The fraction of sp³-hybridized carbons (Fsp3) is 0.143. The molecule has 2 aromatic rings. The molecule has 94 valence electrons. The summed E-state index contributed by atoms with van der Waals surface area (Å²) in [5.41, 5.74) is 6.70. The van der Waals surface area contributed by atoms with E-state index < -0.39 is 0 Å². The maximum absolute atomic E-state index is 6.05. The molecule has 4 heteroatoms. The van der Waals surface area contributed by atoms with Gasteiger partial charge in [0.2, 0.25) is 0 Å². The topological polar surface area (TPSA) is 44.5 Å². The molecule has 0 saturated heterocycles. The minimum absolute atomic E-state index is 0.649. The molecule has 0 atom stereocenters. The minimum atomic E-state index is 0.649. The number of anilines is 1. The van der Waals surface area contributed by atoms with Gasteiger partial charge in [0.1, 0.15) is 11.5 Å². The number of benzene rings is 2. The van der Waals surface area contributed by atoms with Crippen LogP contribution in [0.5, 0.6) is 11.5 Å². The summed E-state index contributed by atoms with van der Waals surface area (Å²) in [5.74, 6) is 1.53. The molecule has 0 saturated carbocycles. The average Bonchev–Trinajstić information content (AvgIpc) is 2.42. The van der Waals surface area contributed by atoms with E-state index in [0.29, 0.717) is 11.4 Å². The molecule has 2 rings (SSSR count). The summed E-state index contributed by atoms with van der Waals surface area (Å²) < 4.78 is 10.5. The van der Waals surface area contributed by atoms with Crippen molar-refractivity contribution < 1.29 is 9.47 Å². The molecule has 0 fully saturated rings. The summed E-state index contributed by atoms with van der Waals surface area (Å²) in [6.45, 7) is 0. The Labute approximate surface area is 111 Å². The van der Waals surface area contributed by atoms with E-state index in [1.165, 1.54) is 0 Å². The van der Waals surface area contributed by atoms with Gasteiger partial charge in [0.05, 0.1) is 24.8 Å². The van der Waals surface area contributed by atoms with Crippen molar-refractivity contribution in [2.75, 3.05) is 20.0 Å². The fourth-order valence-corrected chi connectivity index (χ4v) is 2.61. The van der Waals surface area contributed by atoms with Crippen LogP contribution in [0.15, 0.2) is 52.3 Å². The molecule has 0 aliphatic rings. The molecule has 0 aromatic heterocycles. The number of methoxy groups -OCH3 is 2. The number of hydrogen-bond acceptors (Lipinski definition) is 4. The molecular formula is C14H15NO2S. The number of nitrogen functional groups attached to an aromatic ring is 1. The number of rotatable bonds is 4. The zero-order valence-electron chi connectivity index (χ0n) is 10.3. The van der Waals surface area contributed by atoms with E-state index in [-0.39, 0.29) is 0 Å². The molecule has 0 heterocycles. The lowest BCUT2D eigenvalue weighted by molar-refractivity contribution is 0.405. The van der Waals surface area contributed by atoms with Gasteiger partial charge < -0.3 is 15.2 Å². The summed E-state index contributed by atoms with van der Waals surface area (Å²) in [6, 6.07) is 13.6. The van der Waals surface area contributed by atoms with Gasteiger partial charge in [0.15, 0.2) is 0 Å². The van der Waals surface area contributed by atoms with Gasteiger partial charge in [-0.2, -0.15) is 0 Å². The third kappa shape index (κ3) is 2.54. The van der Waals surface area contributed by atoms with Crippen molar-refractivity contribution in [3.8, 4) is 11.5 Å². The predicted octanol–water partition coefficient (Wildman–Crippen LogP) is 3.44. The molecule has 0 amide bonds. The van der Waals surface area contributed by atoms with Crippen molar-refractivity contribution in [2.24, 2.45) is 0 Å². The van der Waals surface area contributed by atoms with Gasteiger partial charge >= 0.3 is 0 Å². The second-order valence-corrected chi connectivity index (χ2v) is 4.71. The summed E-state index contributed by atoms with van der Waals surface area (Å²) in [4.78, 5) is 1.99. The van der Waals surface area contributed by atoms with Gasteiger partial charge in [-0.15, -0.1) is 0 Å². The van der Waals surface area contributed by atoms with Crippen molar-refractivity contribution in [2.45, 2.75) is 9.79 Å². The highest BCUT2D eigenvalue weighted by Crippen LogP contribution is 2.40. The molecule has 0 unspecified atom stereocenters. The number of para-hydroxylation sites is 2. The van der Waals surface area contributed by atoms with E-state index in [1.807, 2.05) is 42.5 Å². The molecular weight excluding hydrogens is 246 g/mol. The molecule has 0 radical (unpaired) electrons. The highest BCUT2D eigenvalue weighted by molar-refractivity contribution is 7.99. The standard InChI is InChI=1S/C14H15NO2S/c1-16-10-6-3-4-8-12(10)18-13-9-5-7-11(17-2)14(13)15/h3-9H,15H2,1-2H3. The van der Waals surface area contributed by atoms with Gasteiger partial charge in [0.25, 0.3) is 0 Å². The Kier molecular flexibility index (Phi) is 3.99. The first kappa shape index (κ1) is 12.6. The molecule has 2 aromatic carbocycles. The summed E-state index contributed by atoms with van der Waals surface area (Å²) in [7, 11) is 3.28. The molecule has 0 aliphatic carbocycles. The van der Waals surface area contributed by atoms with Gasteiger partial charge in [-0.1, -0.05) is 30.0 Å². The number of nitrogens with two attached hydrogens (primary N) is 1. The quantitative estimate of drug-likeness (QED) is 0.856. The highest BCUT2D eigenvalue weighted by Gasteiger charge is 2.09. The summed E-state index contributed by atoms with van der Waals surface area (Å²) in [6.07, 6.45) is 0. The predicted molar refractivity (Wildman–Crippen MR) is 74.5 cm³/mol. The van der Waals surface area contributed by atoms with Crippen LogP contribution < -0.4 is 15.2 Å². The second kappa shape index (κ2) is 5.69. The molecule has 0 bridgehead atoms. The van der Waals surface area contributed by atoms with Crippen LogP contribution in [0.25, 0.3) is 0 Å². The van der Waals surface area contributed by atoms with Gasteiger partial charge in [0, 0.05) is 4.90 Å². The third-order valence-corrected chi connectivity index (χ3v) is 3.67. The lowest BCUT2D eigenvalue weighted by Crippen LogP contribution is -1.94. The van der Waals surface area contributed by atoms with E-state index >= 15 is 0 Å². The van der Waals surface area contributed by atoms with Crippen molar-refractivity contribution in [3.05, 3.63) is 42.5 Å². The Balaban J connectivity index is 2.34. The smallest absolute Gasteiger partial charge is 0.142 e. The summed E-state index contributed by atoms with van der Waals surface area (Å²) >= 11 is 1.56. The van der Waals surface area contributed by atoms with E-state index in [2.05, 4.69) is 0 Å². The minimum Gasteiger partial charge on any atom is -0.496 e. The lowest BCUT2D eigenvalue weighted by Gasteiger charge is -2.11. The third-order valence-electron chi connectivity index (χ3n) is 2.54. The van der Waals surface area contributed by atoms with Crippen molar-refractivity contribution in [1.29, 1.82) is 0 Å². The van der Waals surface area contributed by atoms with Crippen molar-refractivity contribution in [3.63, 3.8) is 0 Å².